The van der Waals surface area contributed by atoms with Crippen LogP contribution in [0.15, 0.2) is 42.5 Å². The van der Waals surface area contributed by atoms with Gasteiger partial charge in [0, 0.05) is 5.56 Å². The number of hydrogen-bond acceptors (Lipinski definition) is 1. The summed E-state index contributed by atoms with van der Waals surface area (Å²) in [6, 6.07) is 11.3. The zero-order valence-electron chi connectivity index (χ0n) is 11.8. The lowest BCUT2D eigenvalue weighted by Gasteiger charge is -2.21. The molecule has 0 aliphatic carbocycles. The van der Waals surface area contributed by atoms with Crippen molar-refractivity contribution in [2.24, 2.45) is 0 Å². The summed E-state index contributed by atoms with van der Waals surface area (Å²) in [5.74, 6) is -1.03. The number of benzene rings is 2. The Morgan fingerprint density at radius 1 is 1.00 bits per heavy atom. The second-order valence-corrected chi connectivity index (χ2v) is 4.93. The van der Waals surface area contributed by atoms with E-state index < -0.39 is 17.7 Å². The molecule has 0 bridgehead atoms. The normalized spacial score (nSPS) is 12.4. The molecule has 0 aliphatic rings. The minimum atomic E-state index is -0.515. The van der Waals surface area contributed by atoms with Crippen LogP contribution in [-0.4, -0.2) is 6.54 Å². The van der Waals surface area contributed by atoms with Gasteiger partial charge in [-0.05, 0) is 37.6 Å². The smallest absolute Gasteiger partial charge is 0.131 e. The van der Waals surface area contributed by atoms with Crippen LogP contribution in [0.1, 0.15) is 36.1 Å². The average Bonchev–Trinajstić information content (AvgIpc) is 2.43. The van der Waals surface area contributed by atoms with Gasteiger partial charge in [-0.25, -0.2) is 8.78 Å². The lowest BCUT2D eigenvalue weighted by Crippen LogP contribution is -2.25. The van der Waals surface area contributed by atoms with E-state index >= 15 is 0 Å². The summed E-state index contributed by atoms with van der Waals surface area (Å²) >= 11 is 0. The predicted molar refractivity (Wildman–Crippen MR) is 77.7 cm³/mol. The molecule has 0 aliphatic heterocycles. The van der Waals surface area contributed by atoms with Gasteiger partial charge in [0.2, 0.25) is 0 Å². The molecule has 0 spiro atoms. The average molecular weight is 275 g/mol. The molecule has 1 unspecified atom stereocenters. The molecule has 2 aromatic rings. The van der Waals surface area contributed by atoms with E-state index in [9.17, 15) is 8.78 Å². The van der Waals surface area contributed by atoms with Gasteiger partial charge in [-0.2, -0.15) is 0 Å². The molecule has 0 aromatic heterocycles. The van der Waals surface area contributed by atoms with E-state index in [0.29, 0.717) is 6.54 Å². The zero-order valence-corrected chi connectivity index (χ0v) is 11.8. The largest absolute Gasteiger partial charge is 0.306 e. The SMILES string of the molecule is CCCNC(c1ccc(C)cc1)c1c(F)cccc1F. The Bertz CT molecular complexity index is 543. The molecular weight excluding hydrogens is 256 g/mol. The predicted octanol–water partition coefficient (Wildman–Crippen LogP) is 4.36. The lowest BCUT2D eigenvalue weighted by molar-refractivity contribution is 0.503. The van der Waals surface area contributed by atoms with Gasteiger partial charge in [0.25, 0.3) is 0 Å². The van der Waals surface area contributed by atoms with E-state index in [4.69, 9.17) is 0 Å². The van der Waals surface area contributed by atoms with Gasteiger partial charge in [-0.3, -0.25) is 0 Å². The fourth-order valence-electron chi connectivity index (χ4n) is 2.22. The van der Waals surface area contributed by atoms with Crippen molar-refractivity contribution in [3.05, 3.63) is 70.8 Å². The maximum atomic E-state index is 14.0. The Labute approximate surface area is 118 Å². The molecule has 3 heteroatoms. The number of rotatable bonds is 5. The van der Waals surface area contributed by atoms with E-state index in [1.54, 1.807) is 0 Å². The third-order valence-electron chi connectivity index (χ3n) is 3.30. The molecule has 1 N–H and O–H groups in total. The summed E-state index contributed by atoms with van der Waals surface area (Å²) in [5.41, 5.74) is 2.08. The van der Waals surface area contributed by atoms with Crippen molar-refractivity contribution in [3.8, 4) is 0 Å². The molecule has 2 rings (SSSR count). The molecule has 20 heavy (non-hydrogen) atoms. The molecule has 0 saturated carbocycles. The number of nitrogens with one attached hydrogen (secondary N) is 1. The van der Waals surface area contributed by atoms with Crippen LogP contribution < -0.4 is 5.32 Å². The van der Waals surface area contributed by atoms with Gasteiger partial charge in [0.05, 0.1) is 6.04 Å². The Morgan fingerprint density at radius 3 is 2.15 bits per heavy atom. The Morgan fingerprint density at radius 2 is 1.60 bits per heavy atom. The molecule has 0 saturated heterocycles. The van der Waals surface area contributed by atoms with Crippen molar-refractivity contribution in [1.29, 1.82) is 0 Å². The topological polar surface area (TPSA) is 12.0 Å². The van der Waals surface area contributed by atoms with Crippen LogP contribution in [0.4, 0.5) is 8.78 Å². The minimum absolute atomic E-state index is 0.0878. The summed E-state index contributed by atoms with van der Waals surface area (Å²) < 4.78 is 28.0. The van der Waals surface area contributed by atoms with Crippen molar-refractivity contribution in [1.82, 2.24) is 5.32 Å². The first-order chi connectivity index (χ1) is 9.63. The Balaban J connectivity index is 2.44. The standard InChI is InChI=1S/C17H19F2N/c1-3-11-20-17(13-9-7-12(2)8-10-13)16-14(18)5-4-6-15(16)19/h4-10,17,20H,3,11H2,1-2H3. The van der Waals surface area contributed by atoms with Crippen LogP contribution in [-0.2, 0) is 0 Å². The minimum Gasteiger partial charge on any atom is -0.306 e. The number of aryl methyl sites for hydroxylation is 1. The summed E-state index contributed by atoms with van der Waals surface area (Å²) in [5, 5.41) is 3.22. The van der Waals surface area contributed by atoms with Crippen molar-refractivity contribution >= 4 is 0 Å². The van der Waals surface area contributed by atoms with E-state index in [2.05, 4.69) is 5.32 Å². The third kappa shape index (κ3) is 3.23. The van der Waals surface area contributed by atoms with E-state index in [-0.39, 0.29) is 5.56 Å². The summed E-state index contributed by atoms with van der Waals surface area (Å²) in [6.45, 7) is 4.71. The van der Waals surface area contributed by atoms with Gasteiger partial charge in [-0.1, -0.05) is 42.8 Å². The highest BCUT2D eigenvalue weighted by atomic mass is 19.1. The molecule has 2 aromatic carbocycles. The quantitative estimate of drug-likeness (QED) is 0.854. The van der Waals surface area contributed by atoms with Crippen molar-refractivity contribution in [3.63, 3.8) is 0 Å². The fraction of sp³-hybridized carbons (Fsp3) is 0.294. The van der Waals surface area contributed by atoms with Crippen molar-refractivity contribution in [2.75, 3.05) is 6.54 Å². The van der Waals surface area contributed by atoms with Crippen LogP contribution in [0.5, 0.6) is 0 Å². The van der Waals surface area contributed by atoms with Crippen LogP contribution >= 0.6 is 0 Å². The molecule has 0 radical (unpaired) electrons. The molecule has 0 amide bonds. The molecular formula is C17H19F2N. The van der Waals surface area contributed by atoms with Crippen molar-refractivity contribution < 1.29 is 8.78 Å². The summed E-state index contributed by atoms with van der Waals surface area (Å²) in [4.78, 5) is 0. The van der Waals surface area contributed by atoms with E-state index in [0.717, 1.165) is 17.5 Å². The summed E-state index contributed by atoms with van der Waals surface area (Å²) in [6.07, 6.45) is 0.901. The van der Waals surface area contributed by atoms with Gasteiger partial charge in [-0.15, -0.1) is 0 Å². The first-order valence-electron chi connectivity index (χ1n) is 6.87. The van der Waals surface area contributed by atoms with Crippen LogP contribution in [0.25, 0.3) is 0 Å². The monoisotopic (exact) mass is 275 g/mol. The molecule has 1 nitrogen and oxygen atoms in total. The Hall–Kier alpha value is -1.74. The maximum Gasteiger partial charge on any atom is 0.131 e. The van der Waals surface area contributed by atoms with Gasteiger partial charge in [0.15, 0.2) is 0 Å². The maximum absolute atomic E-state index is 14.0. The molecule has 0 fully saturated rings. The number of halogens is 2. The molecule has 106 valence electrons. The lowest BCUT2D eigenvalue weighted by atomic mass is 9.96. The number of hydrogen-bond donors (Lipinski definition) is 1. The zero-order chi connectivity index (χ0) is 14.5. The van der Waals surface area contributed by atoms with Gasteiger partial charge >= 0.3 is 0 Å². The highest BCUT2D eigenvalue weighted by molar-refractivity contribution is 5.35. The van der Waals surface area contributed by atoms with E-state index in [1.807, 2.05) is 38.1 Å². The first-order valence-corrected chi connectivity index (χ1v) is 6.87. The fourth-order valence-corrected chi connectivity index (χ4v) is 2.22. The molecule has 0 heterocycles. The third-order valence-corrected chi connectivity index (χ3v) is 3.30. The second-order valence-electron chi connectivity index (χ2n) is 4.93. The van der Waals surface area contributed by atoms with Gasteiger partial charge in [0.1, 0.15) is 11.6 Å². The van der Waals surface area contributed by atoms with Gasteiger partial charge < -0.3 is 5.32 Å². The van der Waals surface area contributed by atoms with Crippen LogP contribution in [0.2, 0.25) is 0 Å². The second kappa shape index (κ2) is 6.62. The highest BCUT2D eigenvalue weighted by Gasteiger charge is 2.21. The Kier molecular flexibility index (Phi) is 4.85. The first kappa shape index (κ1) is 14.7. The van der Waals surface area contributed by atoms with Crippen molar-refractivity contribution in [2.45, 2.75) is 26.3 Å². The molecule has 1 atom stereocenters. The van der Waals surface area contributed by atoms with Crippen LogP contribution in [0, 0.1) is 18.6 Å². The highest BCUT2D eigenvalue weighted by Crippen LogP contribution is 2.27. The summed E-state index contributed by atoms with van der Waals surface area (Å²) in [7, 11) is 0. The van der Waals surface area contributed by atoms with Crippen LogP contribution in [0.3, 0.4) is 0 Å². The van der Waals surface area contributed by atoms with E-state index in [1.165, 1.54) is 18.2 Å².